The van der Waals surface area contributed by atoms with Gasteiger partial charge in [-0.25, -0.2) is 8.42 Å². The zero-order valence-electron chi connectivity index (χ0n) is 17.7. The molecule has 0 unspecified atom stereocenters. The van der Waals surface area contributed by atoms with E-state index in [0.29, 0.717) is 28.5 Å². The molecule has 2 aromatic carbocycles. The summed E-state index contributed by atoms with van der Waals surface area (Å²) in [6.07, 6.45) is 0. The van der Waals surface area contributed by atoms with Crippen LogP contribution in [0.3, 0.4) is 0 Å². The first-order valence-corrected chi connectivity index (χ1v) is 11.3. The Labute approximate surface area is 185 Å². The van der Waals surface area contributed by atoms with Crippen molar-refractivity contribution in [3.63, 3.8) is 0 Å². The molecule has 10 nitrogen and oxygen atoms in total. The number of nitrogens with one attached hydrogen (secondary N) is 1. The predicted octanol–water partition coefficient (Wildman–Crippen LogP) is 1.18. The summed E-state index contributed by atoms with van der Waals surface area (Å²) in [4.78, 5) is 26.1. The Morgan fingerprint density at radius 2 is 1.66 bits per heavy atom. The van der Waals surface area contributed by atoms with Gasteiger partial charge in [0.2, 0.25) is 10.0 Å². The smallest absolute Gasteiger partial charge is 0.262 e. The molecule has 2 aliphatic heterocycles. The van der Waals surface area contributed by atoms with Crippen LogP contribution in [0.5, 0.6) is 17.2 Å². The fourth-order valence-corrected chi connectivity index (χ4v) is 5.07. The van der Waals surface area contributed by atoms with Gasteiger partial charge in [0.1, 0.15) is 17.2 Å². The molecule has 2 amide bonds. The van der Waals surface area contributed by atoms with Crippen molar-refractivity contribution in [2.75, 3.05) is 52.3 Å². The molecule has 1 fully saturated rings. The first kappa shape index (κ1) is 21.9. The van der Waals surface area contributed by atoms with E-state index in [-0.39, 0.29) is 49.5 Å². The predicted molar refractivity (Wildman–Crippen MR) is 115 cm³/mol. The van der Waals surface area contributed by atoms with Crippen LogP contribution in [0.1, 0.15) is 10.4 Å². The Bertz CT molecular complexity index is 1140. The zero-order chi connectivity index (χ0) is 22.9. The average Bonchev–Trinajstić information content (AvgIpc) is 2.82. The average molecular weight is 461 g/mol. The largest absolute Gasteiger partial charge is 0.497 e. The van der Waals surface area contributed by atoms with E-state index in [1.54, 1.807) is 23.1 Å². The molecule has 0 aliphatic carbocycles. The van der Waals surface area contributed by atoms with Gasteiger partial charge in [-0.05, 0) is 30.3 Å². The van der Waals surface area contributed by atoms with Crippen LogP contribution >= 0.6 is 0 Å². The second-order valence-corrected chi connectivity index (χ2v) is 9.23. The number of carbonyl (C=O) groups is 2. The van der Waals surface area contributed by atoms with Gasteiger partial charge in [-0.1, -0.05) is 0 Å². The molecule has 1 N–H and O–H groups in total. The van der Waals surface area contributed by atoms with E-state index < -0.39 is 10.0 Å². The topological polar surface area (TPSA) is 114 Å². The van der Waals surface area contributed by atoms with E-state index in [9.17, 15) is 18.0 Å². The van der Waals surface area contributed by atoms with E-state index in [0.717, 1.165) is 0 Å². The van der Waals surface area contributed by atoms with Gasteiger partial charge in [0, 0.05) is 37.8 Å². The minimum Gasteiger partial charge on any atom is -0.497 e. The van der Waals surface area contributed by atoms with E-state index in [1.807, 2.05) is 0 Å². The molecule has 0 radical (unpaired) electrons. The van der Waals surface area contributed by atoms with Crippen molar-refractivity contribution < 1.29 is 32.2 Å². The van der Waals surface area contributed by atoms with Crippen molar-refractivity contribution in [1.29, 1.82) is 0 Å². The third-order valence-corrected chi connectivity index (χ3v) is 7.24. The van der Waals surface area contributed by atoms with Crippen LogP contribution in [-0.4, -0.2) is 76.4 Å². The van der Waals surface area contributed by atoms with E-state index in [1.165, 1.54) is 36.7 Å². The number of amides is 2. The normalized spacial score (nSPS) is 16.6. The van der Waals surface area contributed by atoms with Gasteiger partial charge in [-0.15, -0.1) is 0 Å². The third kappa shape index (κ3) is 4.21. The number of ether oxygens (including phenoxy) is 3. The van der Waals surface area contributed by atoms with Gasteiger partial charge in [0.05, 0.1) is 24.8 Å². The number of fused-ring (bicyclic) bond motifs is 1. The van der Waals surface area contributed by atoms with Crippen LogP contribution in [0.2, 0.25) is 0 Å². The standard InChI is InChI=1S/C21H23N3O7S/c1-29-15-9-14(10-16(11-15)30-2)21(26)23-5-7-24(8-6-23)32(27,28)17-3-4-19-18(12-17)22-20(25)13-31-19/h3-4,9-12H,5-8,13H2,1-2H3,(H,22,25). The van der Waals surface area contributed by atoms with Crippen molar-refractivity contribution >= 4 is 27.5 Å². The molecule has 0 aromatic heterocycles. The number of piperazine rings is 1. The number of rotatable bonds is 5. The Morgan fingerprint density at radius 3 is 2.28 bits per heavy atom. The number of nitrogens with zero attached hydrogens (tertiary/aromatic N) is 2. The van der Waals surface area contributed by atoms with Gasteiger partial charge in [-0.2, -0.15) is 4.31 Å². The van der Waals surface area contributed by atoms with E-state index >= 15 is 0 Å². The molecule has 2 aromatic rings. The molecule has 11 heteroatoms. The zero-order valence-corrected chi connectivity index (χ0v) is 18.5. The molecule has 0 bridgehead atoms. The van der Waals surface area contributed by atoms with Gasteiger partial charge in [0.25, 0.3) is 11.8 Å². The monoisotopic (exact) mass is 461 g/mol. The van der Waals surface area contributed by atoms with Crippen LogP contribution in [-0.2, 0) is 14.8 Å². The maximum atomic E-state index is 13.1. The van der Waals surface area contributed by atoms with Crippen molar-refractivity contribution in [3.05, 3.63) is 42.0 Å². The lowest BCUT2D eigenvalue weighted by molar-refractivity contribution is -0.118. The second-order valence-electron chi connectivity index (χ2n) is 7.29. The number of hydrogen-bond acceptors (Lipinski definition) is 7. The summed E-state index contributed by atoms with van der Waals surface area (Å²) in [5.41, 5.74) is 0.728. The summed E-state index contributed by atoms with van der Waals surface area (Å²) in [6, 6.07) is 9.29. The molecule has 1 saturated heterocycles. The second kappa shape index (κ2) is 8.67. The fraction of sp³-hybridized carbons (Fsp3) is 0.333. The van der Waals surface area contributed by atoms with Crippen molar-refractivity contribution in [2.45, 2.75) is 4.90 Å². The molecule has 0 atom stereocenters. The number of benzene rings is 2. The lowest BCUT2D eigenvalue weighted by atomic mass is 10.1. The Balaban J connectivity index is 1.47. The number of anilines is 1. The summed E-state index contributed by atoms with van der Waals surface area (Å²) < 4.78 is 43.3. The maximum Gasteiger partial charge on any atom is 0.262 e. The third-order valence-electron chi connectivity index (χ3n) is 5.35. The number of methoxy groups -OCH3 is 2. The maximum absolute atomic E-state index is 13.1. The van der Waals surface area contributed by atoms with E-state index in [4.69, 9.17) is 14.2 Å². The first-order valence-electron chi connectivity index (χ1n) is 9.91. The summed E-state index contributed by atoms with van der Waals surface area (Å²) in [7, 11) is -0.790. The quantitative estimate of drug-likeness (QED) is 0.711. The first-order chi connectivity index (χ1) is 15.3. The van der Waals surface area contributed by atoms with Gasteiger partial charge >= 0.3 is 0 Å². The SMILES string of the molecule is COc1cc(OC)cc(C(=O)N2CCN(S(=O)(=O)c3ccc4c(c3)NC(=O)CO4)CC2)c1. The van der Waals surface area contributed by atoms with Crippen LogP contribution in [0.4, 0.5) is 5.69 Å². The minimum absolute atomic E-state index is 0.0550. The highest BCUT2D eigenvalue weighted by Crippen LogP contribution is 2.31. The highest BCUT2D eigenvalue weighted by Gasteiger charge is 2.31. The molecule has 0 saturated carbocycles. The molecule has 4 rings (SSSR count). The molecule has 2 aliphatic rings. The number of hydrogen-bond donors (Lipinski definition) is 1. The summed E-state index contributed by atoms with van der Waals surface area (Å²) in [5.74, 6) is 0.851. The van der Waals surface area contributed by atoms with Gasteiger partial charge in [0.15, 0.2) is 6.61 Å². The molecule has 32 heavy (non-hydrogen) atoms. The lowest BCUT2D eigenvalue weighted by Crippen LogP contribution is -2.50. The summed E-state index contributed by atoms with van der Waals surface area (Å²) >= 11 is 0. The van der Waals surface area contributed by atoms with Crippen molar-refractivity contribution in [2.24, 2.45) is 0 Å². The lowest BCUT2D eigenvalue weighted by Gasteiger charge is -2.34. The molecule has 0 spiro atoms. The van der Waals surface area contributed by atoms with Crippen LogP contribution in [0.15, 0.2) is 41.3 Å². The summed E-state index contributed by atoms with van der Waals surface area (Å²) in [6.45, 7) is 0.670. The molecular formula is C21H23N3O7S. The highest BCUT2D eigenvalue weighted by atomic mass is 32.2. The fourth-order valence-electron chi connectivity index (χ4n) is 3.62. The van der Waals surface area contributed by atoms with E-state index in [2.05, 4.69) is 5.32 Å². The Hall–Kier alpha value is -3.31. The van der Waals surface area contributed by atoms with Gasteiger partial charge in [-0.3, -0.25) is 9.59 Å². The van der Waals surface area contributed by atoms with Crippen LogP contribution in [0, 0.1) is 0 Å². The summed E-state index contributed by atoms with van der Waals surface area (Å²) in [5, 5.41) is 2.61. The number of carbonyl (C=O) groups excluding carboxylic acids is 2. The Kier molecular flexibility index (Phi) is 5.94. The van der Waals surface area contributed by atoms with Gasteiger partial charge < -0.3 is 24.4 Å². The number of sulfonamides is 1. The van der Waals surface area contributed by atoms with Crippen LogP contribution in [0.25, 0.3) is 0 Å². The van der Waals surface area contributed by atoms with Crippen molar-refractivity contribution in [1.82, 2.24) is 9.21 Å². The molecular weight excluding hydrogens is 438 g/mol. The molecule has 2 heterocycles. The van der Waals surface area contributed by atoms with Crippen LogP contribution < -0.4 is 19.5 Å². The minimum atomic E-state index is -3.80. The molecule has 170 valence electrons. The Morgan fingerprint density at radius 1 is 1.00 bits per heavy atom. The highest BCUT2D eigenvalue weighted by molar-refractivity contribution is 7.89. The van der Waals surface area contributed by atoms with Crippen molar-refractivity contribution in [3.8, 4) is 17.2 Å².